The van der Waals surface area contributed by atoms with Crippen molar-refractivity contribution in [3.8, 4) is 0 Å². The number of carboxylic acids is 1. The van der Waals surface area contributed by atoms with Crippen LogP contribution in [0.25, 0.3) is 21.5 Å². The average Bonchev–Trinajstić information content (AvgIpc) is 2.79. The number of hydrogen-bond acceptors (Lipinski definition) is 3. The van der Waals surface area contributed by atoms with Gasteiger partial charge in [0.05, 0.1) is 0 Å². The topological polar surface area (TPSA) is 120 Å². The molecule has 0 saturated carbocycles. The first-order valence-electron chi connectivity index (χ1n) is 11.2. The molecule has 174 valence electrons. The van der Waals surface area contributed by atoms with E-state index in [-0.39, 0.29) is 6.03 Å². The Morgan fingerprint density at radius 1 is 0.758 bits per heavy atom. The minimum Gasteiger partial charge on any atom is -0.480 e. The highest BCUT2D eigenvalue weighted by molar-refractivity contribution is 6.00. The number of unbranched alkanes of at least 4 members (excludes halogenated alkanes) is 3. The third-order valence-corrected chi connectivity index (χ3v) is 5.36. The van der Waals surface area contributed by atoms with Gasteiger partial charge in [-0.2, -0.15) is 0 Å². The molecule has 0 bridgehead atoms. The summed E-state index contributed by atoms with van der Waals surface area (Å²) in [5, 5.41) is 24.0. The second-order valence-corrected chi connectivity index (χ2v) is 8.02. The molecule has 8 heteroatoms. The molecule has 0 spiro atoms. The van der Waals surface area contributed by atoms with Gasteiger partial charge in [-0.15, -0.1) is 0 Å². The Labute approximate surface area is 192 Å². The molecule has 0 aromatic heterocycles. The normalized spacial score (nSPS) is 11.7. The van der Waals surface area contributed by atoms with Crippen molar-refractivity contribution in [3.05, 3.63) is 54.6 Å². The summed E-state index contributed by atoms with van der Waals surface area (Å²) in [6.45, 7) is 2.45. The SMILES string of the molecule is CC(NC(=O)NCCCCCCNC(=O)Nc1ccc2cc3ccccc3cc2c1)C(=O)O. The lowest BCUT2D eigenvalue weighted by molar-refractivity contribution is -0.138. The fourth-order valence-corrected chi connectivity index (χ4v) is 3.51. The van der Waals surface area contributed by atoms with Gasteiger partial charge in [-0.05, 0) is 65.6 Å². The van der Waals surface area contributed by atoms with Gasteiger partial charge in [0, 0.05) is 18.8 Å². The third kappa shape index (κ3) is 7.38. The van der Waals surface area contributed by atoms with E-state index in [1.165, 1.54) is 12.3 Å². The van der Waals surface area contributed by atoms with Gasteiger partial charge in [0.15, 0.2) is 0 Å². The number of aliphatic carboxylic acids is 1. The maximum Gasteiger partial charge on any atom is 0.325 e. The zero-order valence-electron chi connectivity index (χ0n) is 18.7. The van der Waals surface area contributed by atoms with E-state index in [1.54, 1.807) is 0 Å². The van der Waals surface area contributed by atoms with Crippen LogP contribution in [0.2, 0.25) is 0 Å². The monoisotopic (exact) mass is 450 g/mol. The number of fused-ring (bicyclic) bond motifs is 2. The lowest BCUT2D eigenvalue weighted by Crippen LogP contribution is -2.44. The van der Waals surface area contributed by atoms with Crippen molar-refractivity contribution in [1.82, 2.24) is 16.0 Å². The molecule has 1 unspecified atom stereocenters. The zero-order valence-corrected chi connectivity index (χ0v) is 18.7. The summed E-state index contributed by atoms with van der Waals surface area (Å²) in [6.07, 6.45) is 3.43. The van der Waals surface area contributed by atoms with E-state index in [0.29, 0.717) is 13.1 Å². The van der Waals surface area contributed by atoms with Crippen molar-refractivity contribution in [2.45, 2.75) is 38.6 Å². The fourth-order valence-electron chi connectivity index (χ4n) is 3.51. The van der Waals surface area contributed by atoms with Crippen LogP contribution in [0.5, 0.6) is 0 Å². The molecule has 3 aromatic rings. The van der Waals surface area contributed by atoms with Crippen molar-refractivity contribution in [2.75, 3.05) is 18.4 Å². The van der Waals surface area contributed by atoms with Crippen LogP contribution in [-0.4, -0.2) is 42.3 Å². The highest BCUT2D eigenvalue weighted by Crippen LogP contribution is 2.25. The number of carbonyl (C=O) groups is 3. The summed E-state index contributed by atoms with van der Waals surface area (Å²) in [6, 6.07) is 16.7. The van der Waals surface area contributed by atoms with Crippen molar-refractivity contribution < 1.29 is 19.5 Å². The zero-order chi connectivity index (χ0) is 23.6. The van der Waals surface area contributed by atoms with Gasteiger partial charge in [-0.25, -0.2) is 9.59 Å². The second kappa shape index (κ2) is 11.7. The van der Waals surface area contributed by atoms with Gasteiger partial charge in [0.1, 0.15) is 6.04 Å². The summed E-state index contributed by atoms with van der Waals surface area (Å²) < 4.78 is 0. The van der Waals surface area contributed by atoms with E-state index in [4.69, 9.17) is 5.11 Å². The molecule has 0 radical (unpaired) electrons. The van der Waals surface area contributed by atoms with Crippen LogP contribution in [-0.2, 0) is 4.79 Å². The molecule has 0 saturated heterocycles. The Hall–Kier alpha value is -3.81. The maximum atomic E-state index is 12.2. The first-order valence-corrected chi connectivity index (χ1v) is 11.2. The molecule has 0 fully saturated rings. The van der Waals surface area contributed by atoms with Crippen LogP contribution in [0.15, 0.2) is 54.6 Å². The smallest absolute Gasteiger partial charge is 0.325 e. The Kier molecular flexibility index (Phi) is 8.46. The van der Waals surface area contributed by atoms with Gasteiger partial charge >= 0.3 is 18.0 Å². The summed E-state index contributed by atoms with van der Waals surface area (Å²) in [4.78, 5) is 34.4. The van der Waals surface area contributed by atoms with Crippen molar-refractivity contribution in [1.29, 1.82) is 0 Å². The number of nitrogens with one attached hydrogen (secondary N) is 4. The van der Waals surface area contributed by atoms with Crippen LogP contribution >= 0.6 is 0 Å². The van der Waals surface area contributed by atoms with E-state index in [9.17, 15) is 14.4 Å². The summed E-state index contributed by atoms with van der Waals surface area (Å²) in [7, 11) is 0. The average molecular weight is 451 g/mol. The summed E-state index contributed by atoms with van der Waals surface area (Å²) in [5.74, 6) is -1.07. The van der Waals surface area contributed by atoms with E-state index >= 15 is 0 Å². The molecule has 3 rings (SSSR count). The largest absolute Gasteiger partial charge is 0.480 e. The lowest BCUT2D eigenvalue weighted by Gasteiger charge is -2.11. The Balaban J connectivity index is 1.31. The van der Waals surface area contributed by atoms with Crippen LogP contribution in [0.3, 0.4) is 0 Å². The van der Waals surface area contributed by atoms with Crippen LogP contribution in [0, 0.1) is 0 Å². The first-order chi connectivity index (χ1) is 15.9. The van der Waals surface area contributed by atoms with Gasteiger partial charge < -0.3 is 26.4 Å². The molecule has 0 aliphatic rings. The van der Waals surface area contributed by atoms with Crippen molar-refractivity contribution in [2.24, 2.45) is 0 Å². The first kappa shape index (κ1) is 23.8. The van der Waals surface area contributed by atoms with Crippen molar-refractivity contribution >= 4 is 45.3 Å². The quantitative estimate of drug-likeness (QED) is 0.232. The second-order valence-electron chi connectivity index (χ2n) is 8.02. The Bertz CT molecular complexity index is 1130. The Morgan fingerprint density at radius 3 is 1.97 bits per heavy atom. The van der Waals surface area contributed by atoms with Crippen molar-refractivity contribution in [3.63, 3.8) is 0 Å². The van der Waals surface area contributed by atoms with Crippen LogP contribution < -0.4 is 21.3 Å². The Morgan fingerprint density at radius 2 is 1.33 bits per heavy atom. The number of anilines is 1. The number of urea groups is 2. The number of hydrogen-bond donors (Lipinski definition) is 5. The highest BCUT2D eigenvalue weighted by Gasteiger charge is 2.12. The molecule has 33 heavy (non-hydrogen) atoms. The van der Waals surface area contributed by atoms with E-state index in [2.05, 4.69) is 45.5 Å². The van der Waals surface area contributed by atoms with E-state index in [1.807, 2.05) is 30.3 Å². The number of benzene rings is 3. The molecule has 0 aliphatic heterocycles. The number of carbonyl (C=O) groups excluding carboxylic acids is 2. The number of amides is 4. The maximum absolute atomic E-state index is 12.2. The lowest BCUT2D eigenvalue weighted by atomic mass is 10.0. The third-order valence-electron chi connectivity index (χ3n) is 5.36. The minimum atomic E-state index is -1.07. The standard InChI is InChI=1S/C25H30N4O4/c1-17(23(30)31)28-24(32)26-12-6-2-3-7-13-27-25(33)29-22-11-10-20-14-18-8-4-5-9-19(18)15-21(20)16-22/h4-5,8-11,14-17H,2-3,6-7,12-13H2,1H3,(H,30,31)(H2,26,28,32)(H2,27,29,33). The molecular formula is C25H30N4O4. The highest BCUT2D eigenvalue weighted by atomic mass is 16.4. The molecule has 8 nitrogen and oxygen atoms in total. The van der Waals surface area contributed by atoms with Gasteiger partial charge in [0.25, 0.3) is 0 Å². The van der Waals surface area contributed by atoms with Gasteiger partial charge in [-0.3, -0.25) is 4.79 Å². The predicted octanol–water partition coefficient (Wildman–Crippen LogP) is 4.45. The molecule has 1 atom stereocenters. The molecule has 3 aromatic carbocycles. The molecule has 0 aliphatic carbocycles. The van der Waals surface area contributed by atoms with Gasteiger partial charge in [0.2, 0.25) is 0 Å². The van der Waals surface area contributed by atoms with E-state index < -0.39 is 18.0 Å². The summed E-state index contributed by atoms with van der Waals surface area (Å²) in [5.41, 5.74) is 0.747. The molecule has 5 N–H and O–H groups in total. The summed E-state index contributed by atoms with van der Waals surface area (Å²) >= 11 is 0. The molecule has 4 amide bonds. The van der Waals surface area contributed by atoms with Crippen LogP contribution in [0.4, 0.5) is 15.3 Å². The molecular weight excluding hydrogens is 420 g/mol. The molecule has 0 heterocycles. The number of carboxylic acid groups (broad SMARTS) is 1. The fraction of sp³-hybridized carbons (Fsp3) is 0.320. The van der Waals surface area contributed by atoms with Crippen LogP contribution in [0.1, 0.15) is 32.6 Å². The van der Waals surface area contributed by atoms with Gasteiger partial charge in [-0.1, -0.05) is 43.2 Å². The van der Waals surface area contributed by atoms with E-state index in [0.717, 1.165) is 47.5 Å². The predicted molar refractivity (Wildman–Crippen MR) is 131 cm³/mol. The minimum absolute atomic E-state index is 0.235. The number of rotatable bonds is 10.